The van der Waals surface area contributed by atoms with Gasteiger partial charge in [0.25, 0.3) is 0 Å². The van der Waals surface area contributed by atoms with Crippen LogP contribution in [0.5, 0.6) is 0 Å². The molecule has 102 valence electrons. The Morgan fingerprint density at radius 3 is 2.68 bits per heavy atom. The molecule has 7 nitrogen and oxygen atoms in total. The molecule has 19 heavy (non-hydrogen) atoms. The fraction of sp³-hybridized carbons (Fsp3) is 0.667. The molecular weight excluding hydrogens is 244 g/mol. The molecule has 0 amide bonds. The van der Waals surface area contributed by atoms with Gasteiger partial charge in [-0.15, -0.1) is 0 Å². The molecule has 1 aliphatic rings. The average molecular weight is 262 g/mol. The summed E-state index contributed by atoms with van der Waals surface area (Å²) in [5, 5.41) is 15.9. The number of aryl methyl sites for hydroxylation is 1. The Bertz CT molecular complexity index is 526. The third kappa shape index (κ3) is 2.74. The zero-order valence-corrected chi connectivity index (χ0v) is 11.1. The highest BCUT2D eigenvalue weighted by atomic mass is 16.5. The Morgan fingerprint density at radius 1 is 1.21 bits per heavy atom. The summed E-state index contributed by atoms with van der Waals surface area (Å²) in [6, 6.07) is 1.91. The molecule has 7 heteroatoms. The Labute approximate surface area is 111 Å². The van der Waals surface area contributed by atoms with Gasteiger partial charge in [-0.1, -0.05) is 23.1 Å². The molecule has 3 heterocycles. The molecule has 2 aromatic heterocycles. The molecule has 1 fully saturated rings. The van der Waals surface area contributed by atoms with Crippen molar-refractivity contribution in [2.24, 2.45) is 0 Å². The van der Waals surface area contributed by atoms with Crippen LogP contribution >= 0.6 is 0 Å². The van der Waals surface area contributed by atoms with E-state index in [4.69, 9.17) is 4.52 Å². The first-order valence-electron chi connectivity index (χ1n) is 6.76. The van der Waals surface area contributed by atoms with E-state index in [1.807, 2.05) is 13.0 Å². The number of tetrazole rings is 1. The van der Waals surface area contributed by atoms with E-state index in [0.29, 0.717) is 6.54 Å². The van der Waals surface area contributed by atoms with Crippen LogP contribution in [0.25, 0.3) is 0 Å². The zero-order chi connectivity index (χ0) is 13.1. The summed E-state index contributed by atoms with van der Waals surface area (Å²) < 4.78 is 7.00. The summed E-state index contributed by atoms with van der Waals surface area (Å²) in [5.41, 5.74) is 0.874. The molecule has 1 saturated heterocycles. The van der Waals surface area contributed by atoms with Crippen LogP contribution in [0.1, 0.15) is 37.1 Å². The molecule has 0 aromatic carbocycles. The minimum absolute atomic E-state index is 0.527. The summed E-state index contributed by atoms with van der Waals surface area (Å²) in [5.74, 6) is 1.61. The zero-order valence-electron chi connectivity index (χ0n) is 11.1. The SMILES string of the molecule is Cc1cc(Cn2nnnc2N2CCCCCC2)on1. The molecule has 0 bridgehead atoms. The fourth-order valence-electron chi connectivity index (χ4n) is 2.44. The van der Waals surface area contributed by atoms with Crippen molar-refractivity contribution in [1.29, 1.82) is 0 Å². The average Bonchev–Trinajstić information content (AvgIpc) is 2.92. The van der Waals surface area contributed by atoms with Crippen molar-refractivity contribution in [3.8, 4) is 0 Å². The molecule has 0 spiro atoms. The van der Waals surface area contributed by atoms with Crippen molar-refractivity contribution in [1.82, 2.24) is 25.4 Å². The van der Waals surface area contributed by atoms with Gasteiger partial charge in [0.05, 0.1) is 5.69 Å². The maximum absolute atomic E-state index is 5.22. The van der Waals surface area contributed by atoms with Crippen molar-refractivity contribution >= 4 is 5.95 Å². The van der Waals surface area contributed by atoms with Crippen LogP contribution in [0.15, 0.2) is 10.6 Å². The Kier molecular flexibility index (Phi) is 3.43. The van der Waals surface area contributed by atoms with Gasteiger partial charge in [-0.25, -0.2) is 4.68 Å². The summed E-state index contributed by atoms with van der Waals surface area (Å²) >= 11 is 0. The van der Waals surface area contributed by atoms with E-state index in [-0.39, 0.29) is 0 Å². The molecule has 0 aliphatic carbocycles. The van der Waals surface area contributed by atoms with Crippen LogP contribution in [0, 0.1) is 6.92 Å². The molecule has 3 rings (SSSR count). The predicted octanol–water partition coefficient (Wildman–Crippen LogP) is 1.40. The van der Waals surface area contributed by atoms with E-state index < -0.39 is 0 Å². The summed E-state index contributed by atoms with van der Waals surface area (Å²) in [4.78, 5) is 2.26. The van der Waals surface area contributed by atoms with E-state index >= 15 is 0 Å². The number of aromatic nitrogens is 5. The highest BCUT2D eigenvalue weighted by Crippen LogP contribution is 2.17. The lowest BCUT2D eigenvalue weighted by Crippen LogP contribution is -2.27. The highest BCUT2D eigenvalue weighted by molar-refractivity contribution is 5.28. The number of nitrogens with zero attached hydrogens (tertiary/aromatic N) is 6. The van der Waals surface area contributed by atoms with E-state index in [9.17, 15) is 0 Å². The second-order valence-corrected chi connectivity index (χ2v) is 4.97. The van der Waals surface area contributed by atoms with Crippen LogP contribution in [-0.2, 0) is 6.54 Å². The number of rotatable bonds is 3. The van der Waals surface area contributed by atoms with Gasteiger partial charge in [0.2, 0.25) is 5.95 Å². The molecule has 1 aliphatic heterocycles. The lowest BCUT2D eigenvalue weighted by Gasteiger charge is -2.20. The van der Waals surface area contributed by atoms with Gasteiger partial charge in [-0.2, -0.15) is 0 Å². The molecule has 0 N–H and O–H groups in total. The van der Waals surface area contributed by atoms with Crippen LogP contribution in [0.3, 0.4) is 0 Å². The van der Waals surface area contributed by atoms with Crippen molar-refractivity contribution in [2.45, 2.75) is 39.2 Å². The van der Waals surface area contributed by atoms with Crippen LogP contribution in [0.4, 0.5) is 5.95 Å². The minimum atomic E-state index is 0.527. The summed E-state index contributed by atoms with van der Waals surface area (Å²) in [7, 11) is 0. The minimum Gasteiger partial charge on any atom is -0.359 e. The smallest absolute Gasteiger partial charge is 0.245 e. The molecule has 0 unspecified atom stereocenters. The first kappa shape index (κ1) is 12.1. The van der Waals surface area contributed by atoms with Gasteiger partial charge >= 0.3 is 0 Å². The first-order chi connectivity index (χ1) is 9.33. The topological polar surface area (TPSA) is 72.9 Å². The van der Waals surface area contributed by atoms with Crippen molar-refractivity contribution in [2.75, 3.05) is 18.0 Å². The Hall–Kier alpha value is -1.92. The Balaban J connectivity index is 1.77. The molecular formula is C12H18N6O. The highest BCUT2D eigenvalue weighted by Gasteiger charge is 2.17. The van der Waals surface area contributed by atoms with E-state index in [1.54, 1.807) is 4.68 Å². The fourth-order valence-corrected chi connectivity index (χ4v) is 2.44. The van der Waals surface area contributed by atoms with E-state index in [2.05, 4.69) is 25.6 Å². The second-order valence-electron chi connectivity index (χ2n) is 4.97. The van der Waals surface area contributed by atoms with Crippen molar-refractivity contribution < 1.29 is 4.52 Å². The van der Waals surface area contributed by atoms with Crippen LogP contribution in [-0.4, -0.2) is 38.5 Å². The van der Waals surface area contributed by atoms with Crippen LogP contribution in [0.2, 0.25) is 0 Å². The predicted molar refractivity (Wildman–Crippen MR) is 68.8 cm³/mol. The van der Waals surface area contributed by atoms with Gasteiger partial charge < -0.3 is 9.42 Å². The third-order valence-electron chi connectivity index (χ3n) is 3.38. The van der Waals surface area contributed by atoms with E-state index in [0.717, 1.165) is 30.5 Å². The third-order valence-corrected chi connectivity index (χ3v) is 3.38. The summed E-state index contributed by atoms with van der Waals surface area (Å²) in [6.45, 7) is 4.48. The van der Waals surface area contributed by atoms with E-state index in [1.165, 1.54) is 25.7 Å². The lowest BCUT2D eigenvalue weighted by atomic mass is 10.2. The molecule has 0 saturated carbocycles. The second kappa shape index (κ2) is 5.38. The van der Waals surface area contributed by atoms with Gasteiger partial charge in [0, 0.05) is 19.2 Å². The van der Waals surface area contributed by atoms with Gasteiger partial charge in [-0.05, 0) is 30.2 Å². The Morgan fingerprint density at radius 2 is 2.00 bits per heavy atom. The number of hydrogen-bond acceptors (Lipinski definition) is 6. The maximum Gasteiger partial charge on any atom is 0.245 e. The van der Waals surface area contributed by atoms with Gasteiger partial charge in [-0.3, -0.25) is 0 Å². The number of anilines is 1. The monoisotopic (exact) mass is 262 g/mol. The molecule has 2 aromatic rings. The molecule has 0 atom stereocenters. The van der Waals surface area contributed by atoms with Crippen LogP contribution < -0.4 is 4.90 Å². The number of hydrogen-bond donors (Lipinski definition) is 0. The first-order valence-corrected chi connectivity index (χ1v) is 6.76. The quantitative estimate of drug-likeness (QED) is 0.832. The molecule has 0 radical (unpaired) electrons. The van der Waals surface area contributed by atoms with Crippen molar-refractivity contribution in [3.63, 3.8) is 0 Å². The van der Waals surface area contributed by atoms with Gasteiger partial charge in [0.1, 0.15) is 6.54 Å². The van der Waals surface area contributed by atoms with Crippen molar-refractivity contribution in [3.05, 3.63) is 17.5 Å². The maximum atomic E-state index is 5.22. The van der Waals surface area contributed by atoms with Gasteiger partial charge in [0.15, 0.2) is 5.76 Å². The summed E-state index contributed by atoms with van der Waals surface area (Å²) in [6.07, 6.45) is 4.99. The lowest BCUT2D eigenvalue weighted by molar-refractivity contribution is 0.367. The normalized spacial score (nSPS) is 16.6. The standard InChI is InChI=1S/C12H18N6O/c1-10-8-11(19-14-10)9-18-12(13-15-16-18)17-6-4-2-3-5-7-17/h8H,2-7,9H2,1H3. The largest absolute Gasteiger partial charge is 0.359 e.